The minimum atomic E-state index is 0.706. The third kappa shape index (κ3) is 1.82. The van der Waals surface area contributed by atoms with Gasteiger partial charge in [-0.15, -0.1) is 0 Å². The average Bonchev–Trinajstić information content (AvgIpc) is 2.91. The predicted molar refractivity (Wildman–Crippen MR) is 108 cm³/mol. The summed E-state index contributed by atoms with van der Waals surface area (Å²) < 4.78 is 0. The molecule has 4 fully saturated rings. The maximum Gasteiger partial charge on any atom is 0.00112 e. The zero-order valence-corrected chi connectivity index (χ0v) is 16.6. The van der Waals surface area contributed by atoms with E-state index in [1.54, 1.807) is 12.0 Å². The molecule has 4 saturated carbocycles. The molecule has 138 valence electrons. The molecule has 1 aromatic rings. The highest BCUT2D eigenvalue weighted by Crippen LogP contribution is 2.89. The van der Waals surface area contributed by atoms with Crippen molar-refractivity contribution >= 4 is 0 Å². The van der Waals surface area contributed by atoms with Crippen molar-refractivity contribution in [1.82, 2.24) is 0 Å². The van der Waals surface area contributed by atoms with E-state index in [0.29, 0.717) is 5.41 Å². The van der Waals surface area contributed by atoms with E-state index in [4.69, 9.17) is 0 Å². The van der Waals surface area contributed by atoms with Gasteiger partial charge in [0.2, 0.25) is 0 Å². The van der Waals surface area contributed by atoms with Crippen molar-refractivity contribution in [2.45, 2.75) is 71.6 Å². The monoisotopic (exact) mass is 346 g/mol. The third-order valence-electron chi connectivity index (χ3n) is 9.86. The van der Waals surface area contributed by atoms with Crippen LogP contribution in [0.2, 0.25) is 0 Å². The first-order valence-corrected chi connectivity index (χ1v) is 11.4. The Hall–Kier alpha value is -1.04. The molecule has 0 saturated heterocycles. The highest BCUT2D eigenvalue weighted by molar-refractivity contribution is 5.45. The molecule has 5 aliphatic carbocycles. The third-order valence-corrected chi connectivity index (χ3v) is 9.86. The lowest BCUT2D eigenvalue weighted by Gasteiger charge is -2.37. The minimum Gasteiger partial charge on any atom is -0.0841 e. The molecule has 0 heterocycles. The van der Waals surface area contributed by atoms with Crippen LogP contribution in [0.1, 0.15) is 69.4 Å². The van der Waals surface area contributed by atoms with Gasteiger partial charge >= 0.3 is 0 Å². The topological polar surface area (TPSA) is 0 Å². The van der Waals surface area contributed by atoms with Gasteiger partial charge < -0.3 is 0 Å². The molecule has 7 unspecified atom stereocenters. The van der Waals surface area contributed by atoms with Crippen LogP contribution in [0.3, 0.4) is 0 Å². The number of hydrogen-bond acceptors (Lipinski definition) is 0. The van der Waals surface area contributed by atoms with Crippen LogP contribution in [0.25, 0.3) is 0 Å². The van der Waals surface area contributed by atoms with Crippen molar-refractivity contribution in [2.24, 2.45) is 40.4 Å². The van der Waals surface area contributed by atoms with Crippen molar-refractivity contribution < 1.29 is 0 Å². The fourth-order valence-corrected chi connectivity index (χ4v) is 8.93. The van der Waals surface area contributed by atoms with E-state index in [-0.39, 0.29) is 0 Å². The number of allylic oxidation sites excluding steroid dienone is 2. The van der Waals surface area contributed by atoms with E-state index in [9.17, 15) is 0 Å². The fourth-order valence-electron chi connectivity index (χ4n) is 8.93. The molecule has 0 aliphatic heterocycles. The Bertz CT molecular complexity index is 755. The Labute approximate surface area is 159 Å². The standard InChI is InChI=1S/C26H34/c1-17-3-5-19(6-4-17)16-20-7-9-23-22(20)8-10-24-25-13-11-18(2)15-21(25)12-14-26(23,24)25/h3-6,12,18,20,22-24H,7-11,13-16H2,1-2H3. The van der Waals surface area contributed by atoms with Gasteiger partial charge in [-0.05, 0) is 105 Å². The van der Waals surface area contributed by atoms with Gasteiger partial charge in [-0.1, -0.05) is 48.4 Å². The van der Waals surface area contributed by atoms with Gasteiger partial charge in [-0.3, -0.25) is 0 Å². The zero-order chi connectivity index (χ0) is 17.5. The van der Waals surface area contributed by atoms with Gasteiger partial charge in [0.1, 0.15) is 0 Å². The van der Waals surface area contributed by atoms with Crippen LogP contribution < -0.4 is 0 Å². The highest BCUT2D eigenvalue weighted by atomic mass is 14.9. The summed E-state index contributed by atoms with van der Waals surface area (Å²) in [6.07, 6.45) is 16.1. The molecule has 0 N–H and O–H groups in total. The van der Waals surface area contributed by atoms with Crippen LogP contribution in [-0.4, -0.2) is 0 Å². The number of hydrogen-bond donors (Lipinski definition) is 0. The van der Waals surface area contributed by atoms with Crippen molar-refractivity contribution in [3.63, 3.8) is 0 Å². The number of aryl methyl sites for hydroxylation is 1. The molecule has 26 heavy (non-hydrogen) atoms. The first-order chi connectivity index (χ1) is 12.6. The van der Waals surface area contributed by atoms with Crippen molar-refractivity contribution in [2.75, 3.05) is 0 Å². The molecule has 1 aromatic carbocycles. The van der Waals surface area contributed by atoms with Crippen molar-refractivity contribution in [3.8, 4) is 0 Å². The number of rotatable bonds is 2. The summed E-state index contributed by atoms with van der Waals surface area (Å²) in [6.45, 7) is 4.69. The van der Waals surface area contributed by atoms with E-state index in [0.717, 1.165) is 35.0 Å². The Morgan fingerprint density at radius 2 is 1.85 bits per heavy atom. The molecule has 0 radical (unpaired) electrons. The lowest BCUT2D eigenvalue weighted by atomic mass is 9.67. The van der Waals surface area contributed by atoms with Gasteiger partial charge in [0.15, 0.2) is 0 Å². The molecule has 0 aromatic heterocycles. The maximum atomic E-state index is 2.74. The van der Waals surface area contributed by atoms with E-state index in [1.807, 2.05) is 5.57 Å². The average molecular weight is 347 g/mol. The normalized spacial score (nSPS) is 48.2. The van der Waals surface area contributed by atoms with Gasteiger partial charge in [0.05, 0.1) is 0 Å². The molecule has 5 aliphatic rings. The Balaban J connectivity index is 1.26. The van der Waals surface area contributed by atoms with Gasteiger partial charge in [0, 0.05) is 5.41 Å². The molecule has 2 spiro atoms. The minimum absolute atomic E-state index is 0.706. The molecule has 0 bridgehead atoms. The van der Waals surface area contributed by atoms with Crippen LogP contribution in [0.4, 0.5) is 0 Å². The predicted octanol–water partition coefficient (Wildman–Crippen LogP) is 6.73. The number of benzene rings is 1. The molecule has 0 nitrogen and oxygen atoms in total. The van der Waals surface area contributed by atoms with Crippen LogP contribution in [0.5, 0.6) is 0 Å². The highest BCUT2D eigenvalue weighted by Gasteiger charge is 2.82. The van der Waals surface area contributed by atoms with E-state index in [1.165, 1.54) is 56.9 Å². The molecular formula is C26H34. The molecule has 7 atom stereocenters. The Morgan fingerprint density at radius 1 is 1.00 bits per heavy atom. The van der Waals surface area contributed by atoms with E-state index < -0.39 is 0 Å². The molecular weight excluding hydrogens is 312 g/mol. The van der Waals surface area contributed by atoms with Crippen molar-refractivity contribution in [1.29, 1.82) is 0 Å². The quantitative estimate of drug-likeness (QED) is 0.521. The van der Waals surface area contributed by atoms with Crippen LogP contribution in [0, 0.1) is 47.3 Å². The van der Waals surface area contributed by atoms with Gasteiger partial charge in [-0.25, -0.2) is 0 Å². The SMILES string of the molecule is Cc1ccc(CC2CCC3C2CCC2C45CCC(C)CC4=CCC325)cc1. The Morgan fingerprint density at radius 3 is 2.69 bits per heavy atom. The zero-order valence-electron chi connectivity index (χ0n) is 16.6. The van der Waals surface area contributed by atoms with E-state index >= 15 is 0 Å². The first kappa shape index (κ1) is 16.0. The van der Waals surface area contributed by atoms with Crippen LogP contribution in [0.15, 0.2) is 35.9 Å². The van der Waals surface area contributed by atoms with E-state index in [2.05, 4.69) is 44.2 Å². The Kier molecular flexibility index (Phi) is 3.24. The smallest absolute Gasteiger partial charge is 0.00112 e. The molecule has 6 rings (SSSR count). The summed E-state index contributed by atoms with van der Waals surface area (Å²) >= 11 is 0. The summed E-state index contributed by atoms with van der Waals surface area (Å²) in [6, 6.07) is 9.40. The molecule has 0 heteroatoms. The lowest BCUT2D eigenvalue weighted by molar-refractivity contribution is 0.128. The maximum absolute atomic E-state index is 2.74. The fraction of sp³-hybridized carbons (Fsp3) is 0.692. The van der Waals surface area contributed by atoms with Gasteiger partial charge in [-0.2, -0.15) is 0 Å². The second kappa shape index (κ2) is 5.27. The summed E-state index contributed by atoms with van der Waals surface area (Å²) in [5, 5.41) is 0. The second-order valence-corrected chi connectivity index (χ2v) is 10.7. The first-order valence-electron chi connectivity index (χ1n) is 11.4. The van der Waals surface area contributed by atoms with Crippen molar-refractivity contribution in [3.05, 3.63) is 47.0 Å². The second-order valence-electron chi connectivity index (χ2n) is 10.7. The van der Waals surface area contributed by atoms with Crippen LogP contribution >= 0.6 is 0 Å². The molecule has 0 amide bonds. The summed E-state index contributed by atoms with van der Waals surface area (Å²) in [4.78, 5) is 0. The lowest BCUT2D eigenvalue weighted by Crippen LogP contribution is -2.31. The summed E-state index contributed by atoms with van der Waals surface area (Å²) in [5.74, 6) is 5.07. The largest absolute Gasteiger partial charge is 0.0841 e. The summed E-state index contributed by atoms with van der Waals surface area (Å²) in [5.41, 5.74) is 6.37. The van der Waals surface area contributed by atoms with Gasteiger partial charge in [0.25, 0.3) is 0 Å². The summed E-state index contributed by atoms with van der Waals surface area (Å²) in [7, 11) is 0. The van der Waals surface area contributed by atoms with Crippen LogP contribution in [-0.2, 0) is 6.42 Å². The number of fused-ring (bicyclic) bond motifs is 1.